The Bertz CT molecular complexity index is 1800. The number of carbonyl (C=O) groups excluding carboxylic acids is 2. The van der Waals surface area contributed by atoms with Crippen LogP contribution in [0.4, 0.5) is 13.2 Å². The number of fused-ring (bicyclic) bond motifs is 2. The van der Waals surface area contributed by atoms with Gasteiger partial charge in [0.2, 0.25) is 5.91 Å². The van der Waals surface area contributed by atoms with Crippen LogP contribution in [-0.4, -0.2) is 46.7 Å². The van der Waals surface area contributed by atoms with Crippen LogP contribution in [0.3, 0.4) is 0 Å². The summed E-state index contributed by atoms with van der Waals surface area (Å²) < 4.78 is 50.7. The van der Waals surface area contributed by atoms with Crippen molar-refractivity contribution in [3.05, 3.63) is 82.9 Å². The zero-order valence-corrected chi connectivity index (χ0v) is 23.9. The minimum Gasteiger partial charge on any atom is -0.489 e. The Hall–Kier alpha value is -4.71. The molecule has 0 saturated heterocycles. The molecule has 2 aromatic carbocycles. The second kappa shape index (κ2) is 10.8. The van der Waals surface area contributed by atoms with E-state index in [0.717, 1.165) is 5.56 Å². The van der Waals surface area contributed by atoms with Crippen molar-refractivity contribution in [3.63, 3.8) is 0 Å². The van der Waals surface area contributed by atoms with E-state index in [1.807, 2.05) is 0 Å². The SMILES string of the molecule is Cc1cnc2c(OC(F)F)cc(C(=O)NC[C@](O)(c3cc4c(c(-c5ccc(F)cc5)n3)OC[C@]4(C)C(N)=O)C3CC3)cc2c1. The van der Waals surface area contributed by atoms with Gasteiger partial charge >= 0.3 is 6.61 Å². The standard InChI is InChI=1S/C32H29F3N4O5/c1-16-9-18-10-19(11-23(44-30(34)35)25(18)37-13-16)28(40)38-14-32(42,20-5-6-20)24-12-22-27(43-15-31(22,2)29(36)41)26(39-24)17-3-7-21(33)8-4-17/h3-4,7-13,20,30,42H,5-6,14-15H2,1-2H3,(H2,36,41)(H,38,40)/t31-,32+/m0/s1. The highest BCUT2D eigenvalue weighted by Crippen LogP contribution is 2.50. The van der Waals surface area contributed by atoms with E-state index >= 15 is 0 Å². The zero-order valence-electron chi connectivity index (χ0n) is 23.9. The maximum absolute atomic E-state index is 13.8. The number of primary amides is 1. The van der Waals surface area contributed by atoms with Gasteiger partial charge in [0, 0.05) is 28.3 Å². The fraction of sp³-hybridized carbons (Fsp3) is 0.312. The molecule has 1 fully saturated rings. The Morgan fingerprint density at radius 2 is 1.93 bits per heavy atom. The van der Waals surface area contributed by atoms with Crippen molar-refractivity contribution in [2.45, 2.75) is 44.3 Å². The molecule has 2 amide bonds. The van der Waals surface area contributed by atoms with Crippen molar-refractivity contribution in [2.24, 2.45) is 11.7 Å². The summed E-state index contributed by atoms with van der Waals surface area (Å²) in [6.07, 6.45) is 2.80. The Morgan fingerprint density at radius 1 is 1.20 bits per heavy atom. The van der Waals surface area contributed by atoms with Crippen LogP contribution in [-0.2, 0) is 15.8 Å². The van der Waals surface area contributed by atoms with Gasteiger partial charge in [-0.15, -0.1) is 0 Å². The maximum atomic E-state index is 13.8. The number of pyridine rings is 2. The molecule has 2 aliphatic rings. The number of aromatic nitrogens is 2. The first-order valence-corrected chi connectivity index (χ1v) is 14.0. The van der Waals surface area contributed by atoms with Gasteiger partial charge in [-0.05, 0) is 86.7 Å². The number of halogens is 3. The van der Waals surface area contributed by atoms with Crippen molar-refractivity contribution in [3.8, 4) is 22.8 Å². The molecule has 4 N–H and O–H groups in total. The van der Waals surface area contributed by atoms with Crippen molar-refractivity contribution < 1.29 is 37.3 Å². The average molecular weight is 607 g/mol. The van der Waals surface area contributed by atoms with Crippen LogP contribution < -0.4 is 20.5 Å². The second-order valence-corrected chi connectivity index (χ2v) is 11.5. The topological polar surface area (TPSA) is 137 Å². The van der Waals surface area contributed by atoms with Crippen LogP contribution in [0, 0.1) is 18.7 Å². The molecule has 3 heterocycles. The van der Waals surface area contributed by atoms with Gasteiger partial charge in [0.1, 0.15) is 40.4 Å². The van der Waals surface area contributed by atoms with E-state index in [1.165, 1.54) is 42.6 Å². The highest BCUT2D eigenvalue weighted by Gasteiger charge is 2.50. The minimum absolute atomic E-state index is 0.0299. The van der Waals surface area contributed by atoms with Gasteiger partial charge in [0.05, 0.1) is 12.2 Å². The summed E-state index contributed by atoms with van der Waals surface area (Å²) in [5.74, 6) is -1.96. The predicted octanol–water partition coefficient (Wildman–Crippen LogP) is 4.51. The van der Waals surface area contributed by atoms with Crippen molar-refractivity contribution >= 4 is 22.7 Å². The molecule has 1 aliphatic heterocycles. The zero-order chi connectivity index (χ0) is 31.4. The Morgan fingerprint density at radius 3 is 2.59 bits per heavy atom. The summed E-state index contributed by atoms with van der Waals surface area (Å²) in [6.45, 7) is -0.0488. The number of ether oxygens (including phenoxy) is 2. The minimum atomic E-state index is -3.13. The van der Waals surface area contributed by atoms with Crippen LogP contribution in [0.5, 0.6) is 11.5 Å². The lowest BCUT2D eigenvalue weighted by Gasteiger charge is -2.30. The summed E-state index contributed by atoms with van der Waals surface area (Å²) in [7, 11) is 0. The highest BCUT2D eigenvalue weighted by molar-refractivity contribution is 6.00. The number of aryl methyl sites for hydroxylation is 1. The van der Waals surface area contributed by atoms with E-state index < -0.39 is 35.3 Å². The molecule has 228 valence electrons. The lowest BCUT2D eigenvalue weighted by Crippen LogP contribution is -2.44. The van der Waals surface area contributed by atoms with Crippen LogP contribution in [0.2, 0.25) is 0 Å². The first-order chi connectivity index (χ1) is 20.9. The average Bonchev–Trinajstić information content (AvgIpc) is 3.79. The van der Waals surface area contributed by atoms with E-state index in [4.69, 9.17) is 15.5 Å². The highest BCUT2D eigenvalue weighted by atomic mass is 19.3. The fourth-order valence-electron chi connectivity index (χ4n) is 5.58. The van der Waals surface area contributed by atoms with Crippen LogP contribution >= 0.6 is 0 Å². The van der Waals surface area contributed by atoms with Gasteiger partial charge in [0.25, 0.3) is 5.91 Å². The van der Waals surface area contributed by atoms with Crippen LogP contribution in [0.1, 0.15) is 46.9 Å². The first-order valence-electron chi connectivity index (χ1n) is 14.0. The fourth-order valence-corrected chi connectivity index (χ4v) is 5.58. The molecule has 0 unspecified atom stereocenters. The largest absolute Gasteiger partial charge is 0.489 e. The third-order valence-electron chi connectivity index (χ3n) is 8.31. The number of hydrogen-bond donors (Lipinski definition) is 3. The molecule has 0 bridgehead atoms. The number of alkyl halides is 2. The molecule has 2 atom stereocenters. The smallest absolute Gasteiger partial charge is 0.387 e. The number of benzene rings is 2. The van der Waals surface area contributed by atoms with Gasteiger partial charge in [-0.2, -0.15) is 8.78 Å². The molecule has 2 aromatic heterocycles. The molecule has 44 heavy (non-hydrogen) atoms. The number of carbonyl (C=O) groups is 2. The molecular weight excluding hydrogens is 577 g/mol. The molecule has 9 nitrogen and oxygen atoms in total. The molecule has 1 saturated carbocycles. The predicted molar refractivity (Wildman–Crippen MR) is 154 cm³/mol. The summed E-state index contributed by atoms with van der Waals surface area (Å²) in [4.78, 5) is 34.9. The van der Waals surface area contributed by atoms with E-state index in [1.54, 1.807) is 26.0 Å². The van der Waals surface area contributed by atoms with E-state index in [2.05, 4.69) is 15.0 Å². The Labute approximate surface area is 250 Å². The normalized spacial score (nSPS) is 18.9. The number of amides is 2. The van der Waals surface area contributed by atoms with Gasteiger partial charge in [0.15, 0.2) is 5.75 Å². The Kier molecular flexibility index (Phi) is 7.19. The van der Waals surface area contributed by atoms with Crippen LogP contribution in [0.15, 0.2) is 54.7 Å². The van der Waals surface area contributed by atoms with E-state index in [9.17, 15) is 27.9 Å². The van der Waals surface area contributed by atoms with Crippen molar-refractivity contribution in [2.75, 3.05) is 13.2 Å². The first kappa shape index (κ1) is 29.4. The number of nitrogens with two attached hydrogens (primary N) is 1. The second-order valence-electron chi connectivity index (χ2n) is 11.5. The van der Waals surface area contributed by atoms with Crippen molar-refractivity contribution in [1.82, 2.24) is 15.3 Å². The molecule has 0 radical (unpaired) electrons. The lowest BCUT2D eigenvalue weighted by molar-refractivity contribution is -0.123. The summed E-state index contributed by atoms with van der Waals surface area (Å²) in [5, 5.41) is 15.3. The van der Waals surface area contributed by atoms with Gasteiger partial charge < -0.3 is 25.6 Å². The number of rotatable bonds is 9. The maximum Gasteiger partial charge on any atom is 0.387 e. The van der Waals surface area contributed by atoms with Gasteiger partial charge in [-0.25, -0.2) is 9.37 Å². The van der Waals surface area contributed by atoms with Crippen LogP contribution in [0.25, 0.3) is 22.2 Å². The lowest BCUT2D eigenvalue weighted by atomic mass is 9.81. The number of nitrogens with zero attached hydrogens (tertiary/aromatic N) is 2. The number of hydrogen-bond acceptors (Lipinski definition) is 7. The Balaban J connectivity index is 1.38. The number of nitrogens with one attached hydrogen (secondary N) is 1. The van der Waals surface area contributed by atoms with Crippen molar-refractivity contribution in [1.29, 1.82) is 0 Å². The molecule has 6 rings (SSSR count). The molecule has 4 aromatic rings. The number of aliphatic hydroxyl groups is 1. The van der Waals surface area contributed by atoms with E-state index in [-0.39, 0.29) is 41.6 Å². The third kappa shape index (κ3) is 5.19. The van der Waals surface area contributed by atoms with E-state index in [0.29, 0.717) is 40.8 Å². The van der Waals surface area contributed by atoms with Gasteiger partial charge in [-0.3, -0.25) is 14.6 Å². The monoisotopic (exact) mass is 606 g/mol. The molecule has 1 aliphatic carbocycles. The quantitative estimate of drug-likeness (QED) is 0.255. The molecular formula is C32H29F3N4O5. The summed E-state index contributed by atoms with van der Waals surface area (Å²) in [5.41, 5.74) is 5.21. The third-order valence-corrected chi connectivity index (χ3v) is 8.31. The van der Waals surface area contributed by atoms with Gasteiger partial charge in [-0.1, -0.05) is 0 Å². The summed E-state index contributed by atoms with van der Waals surface area (Å²) >= 11 is 0. The molecule has 0 spiro atoms. The summed E-state index contributed by atoms with van der Waals surface area (Å²) in [6, 6.07) is 11.5. The molecule has 12 heteroatoms.